The number of rotatable bonds is 4. The van der Waals surface area contributed by atoms with E-state index in [1.807, 2.05) is 0 Å². The molecule has 2 aromatic heterocycles. The van der Waals surface area contributed by atoms with Crippen molar-refractivity contribution < 1.29 is 18.4 Å². The molecule has 1 amide bonds. The second-order valence-electron chi connectivity index (χ2n) is 6.14. The van der Waals surface area contributed by atoms with Gasteiger partial charge in [0.15, 0.2) is 0 Å². The molecule has 1 saturated heterocycles. The van der Waals surface area contributed by atoms with Crippen LogP contribution in [-0.4, -0.2) is 57.0 Å². The van der Waals surface area contributed by atoms with Crippen molar-refractivity contribution in [2.45, 2.75) is 6.54 Å². The van der Waals surface area contributed by atoms with E-state index in [-0.39, 0.29) is 35.7 Å². The van der Waals surface area contributed by atoms with E-state index < -0.39 is 5.56 Å². The van der Waals surface area contributed by atoms with Crippen molar-refractivity contribution in [3.8, 4) is 23.0 Å². The molecule has 4 rings (SSSR count). The van der Waals surface area contributed by atoms with Gasteiger partial charge in [-0.15, -0.1) is 0 Å². The number of morpholine rings is 1. The van der Waals surface area contributed by atoms with E-state index in [1.165, 1.54) is 36.4 Å². The zero-order valence-corrected chi connectivity index (χ0v) is 14.7. The smallest absolute Gasteiger partial charge is 0.278 e. The summed E-state index contributed by atoms with van der Waals surface area (Å²) in [7, 11) is 0. The summed E-state index contributed by atoms with van der Waals surface area (Å²) in [6, 6.07) is 8.37. The lowest BCUT2D eigenvalue weighted by Gasteiger charge is -2.26. The van der Waals surface area contributed by atoms with Crippen LogP contribution in [0.25, 0.3) is 23.0 Å². The van der Waals surface area contributed by atoms with Gasteiger partial charge in [0.25, 0.3) is 11.4 Å². The lowest BCUT2D eigenvalue weighted by Crippen LogP contribution is -2.43. The Morgan fingerprint density at radius 2 is 1.86 bits per heavy atom. The van der Waals surface area contributed by atoms with E-state index in [2.05, 4.69) is 15.2 Å². The summed E-state index contributed by atoms with van der Waals surface area (Å²) in [5.41, 5.74) is 0.422. The Balaban J connectivity index is 1.56. The average Bonchev–Trinajstić information content (AvgIpc) is 3.21. The Kier molecular flexibility index (Phi) is 4.94. The number of halogens is 1. The van der Waals surface area contributed by atoms with E-state index >= 15 is 0 Å². The van der Waals surface area contributed by atoms with E-state index in [1.54, 1.807) is 4.90 Å². The number of hydrogen-bond donors (Lipinski definition) is 0. The summed E-state index contributed by atoms with van der Waals surface area (Å²) in [5, 5.41) is 8.02. The quantitative estimate of drug-likeness (QED) is 0.659. The molecule has 1 aliphatic rings. The third kappa shape index (κ3) is 3.81. The molecule has 9 nitrogen and oxygen atoms in total. The van der Waals surface area contributed by atoms with Crippen LogP contribution >= 0.6 is 0 Å². The minimum atomic E-state index is -0.413. The van der Waals surface area contributed by atoms with E-state index in [4.69, 9.17) is 9.26 Å². The monoisotopic (exact) mass is 385 g/mol. The van der Waals surface area contributed by atoms with Crippen LogP contribution in [0.4, 0.5) is 4.39 Å². The van der Waals surface area contributed by atoms with Crippen molar-refractivity contribution >= 4 is 5.91 Å². The molecular weight excluding hydrogens is 369 g/mol. The summed E-state index contributed by atoms with van der Waals surface area (Å²) in [4.78, 5) is 30.3. The van der Waals surface area contributed by atoms with Gasteiger partial charge in [0, 0.05) is 24.7 Å². The first-order valence-corrected chi connectivity index (χ1v) is 8.64. The first-order valence-electron chi connectivity index (χ1n) is 8.64. The summed E-state index contributed by atoms with van der Waals surface area (Å²) in [6.45, 7) is 1.73. The predicted octanol–water partition coefficient (Wildman–Crippen LogP) is 0.958. The lowest BCUT2D eigenvalue weighted by molar-refractivity contribution is -0.136. The SMILES string of the molecule is O=C(Cn1nc(-c2nc(-c3ccc(F)cc3)no2)ccc1=O)N1CCOCC1. The van der Waals surface area contributed by atoms with Crippen molar-refractivity contribution in [2.75, 3.05) is 26.3 Å². The molecule has 3 heterocycles. The van der Waals surface area contributed by atoms with Crippen LogP contribution < -0.4 is 5.56 Å². The number of amides is 1. The highest BCUT2D eigenvalue weighted by Gasteiger charge is 2.19. The van der Waals surface area contributed by atoms with E-state index in [0.29, 0.717) is 31.9 Å². The van der Waals surface area contributed by atoms with Crippen molar-refractivity contribution in [1.29, 1.82) is 0 Å². The molecule has 0 saturated carbocycles. The molecule has 28 heavy (non-hydrogen) atoms. The molecule has 0 atom stereocenters. The molecule has 1 aliphatic heterocycles. The van der Waals surface area contributed by atoms with Crippen LogP contribution in [0.1, 0.15) is 0 Å². The number of aromatic nitrogens is 4. The molecule has 0 unspecified atom stereocenters. The first kappa shape index (κ1) is 18.0. The van der Waals surface area contributed by atoms with Gasteiger partial charge in [0.1, 0.15) is 18.1 Å². The van der Waals surface area contributed by atoms with Gasteiger partial charge in [0.05, 0.1) is 13.2 Å². The maximum atomic E-state index is 13.0. The lowest BCUT2D eigenvalue weighted by atomic mass is 10.2. The van der Waals surface area contributed by atoms with Crippen LogP contribution in [-0.2, 0) is 16.1 Å². The van der Waals surface area contributed by atoms with Gasteiger partial charge in [-0.05, 0) is 30.3 Å². The second-order valence-corrected chi connectivity index (χ2v) is 6.14. The molecule has 0 radical (unpaired) electrons. The molecule has 3 aromatic rings. The minimum absolute atomic E-state index is 0.0897. The highest BCUT2D eigenvalue weighted by Crippen LogP contribution is 2.20. The molecule has 10 heteroatoms. The summed E-state index contributed by atoms with van der Waals surface area (Å²) in [6.07, 6.45) is 0. The molecule has 1 aromatic carbocycles. The highest BCUT2D eigenvalue weighted by atomic mass is 19.1. The molecule has 144 valence electrons. The number of carbonyl (C=O) groups excluding carboxylic acids is 1. The van der Waals surface area contributed by atoms with Crippen molar-refractivity contribution in [3.05, 3.63) is 52.6 Å². The van der Waals surface area contributed by atoms with Gasteiger partial charge in [-0.3, -0.25) is 9.59 Å². The fraction of sp³-hybridized carbons (Fsp3) is 0.278. The van der Waals surface area contributed by atoms with Crippen molar-refractivity contribution in [2.24, 2.45) is 0 Å². The summed E-state index contributed by atoms with van der Waals surface area (Å²) >= 11 is 0. The van der Waals surface area contributed by atoms with E-state index in [0.717, 1.165) is 4.68 Å². The topological polar surface area (TPSA) is 103 Å². The molecule has 0 bridgehead atoms. The zero-order chi connectivity index (χ0) is 19.5. The van der Waals surface area contributed by atoms with Crippen molar-refractivity contribution in [1.82, 2.24) is 24.8 Å². The zero-order valence-electron chi connectivity index (χ0n) is 14.7. The molecule has 1 fully saturated rings. The average molecular weight is 385 g/mol. The summed E-state index contributed by atoms with van der Waals surface area (Å²) in [5.74, 6) is -0.232. The van der Waals surface area contributed by atoms with E-state index in [9.17, 15) is 14.0 Å². The third-order valence-corrected chi connectivity index (χ3v) is 4.26. The largest absolute Gasteiger partial charge is 0.378 e. The summed E-state index contributed by atoms with van der Waals surface area (Å²) < 4.78 is 24.5. The third-order valence-electron chi connectivity index (χ3n) is 4.26. The fourth-order valence-electron chi connectivity index (χ4n) is 2.76. The van der Waals surface area contributed by atoms with Gasteiger partial charge in [-0.1, -0.05) is 5.16 Å². The first-order chi connectivity index (χ1) is 13.6. The second kappa shape index (κ2) is 7.69. The maximum absolute atomic E-state index is 13.0. The maximum Gasteiger partial charge on any atom is 0.278 e. The highest BCUT2D eigenvalue weighted by molar-refractivity contribution is 5.76. The molecular formula is C18H16FN5O4. The number of nitrogens with zero attached hydrogens (tertiary/aromatic N) is 5. The van der Waals surface area contributed by atoms with Gasteiger partial charge < -0.3 is 14.2 Å². The Morgan fingerprint density at radius 1 is 1.11 bits per heavy atom. The van der Waals surface area contributed by atoms with Crippen LogP contribution in [0.5, 0.6) is 0 Å². The van der Waals surface area contributed by atoms with Gasteiger partial charge in [0.2, 0.25) is 11.7 Å². The normalized spacial score (nSPS) is 14.2. The standard InChI is InChI=1S/C18H16FN5O4/c19-13-3-1-12(2-4-13)17-20-18(28-22-17)14-5-6-15(25)24(21-14)11-16(26)23-7-9-27-10-8-23/h1-6H,7-11H2. The molecule has 0 aliphatic carbocycles. The van der Waals surface area contributed by atoms with Crippen LogP contribution in [0, 0.1) is 5.82 Å². The predicted molar refractivity (Wildman–Crippen MR) is 94.6 cm³/mol. The minimum Gasteiger partial charge on any atom is -0.378 e. The van der Waals surface area contributed by atoms with Crippen molar-refractivity contribution in [3.63, 3.8) is 0 Å². The molecule has 0 spiro atoms. The number of benzene rings is 1. The number of ether oxygens (including phenoxy) is 1. The Labute approximate surface area is 158 Å². The Hall–Kier alpha value is -3.40. The van der Waals surface area contributed by atoms with Crippen LogP contribution in [0.15, 0.2) is 45.7 Å². The molecule has 0 N–H and O–H groups in total. The van der Waals surface area contributed by atoms with Gasteiger partial charge in [-0.25, -0.2) is 9.07 Å². The Morgan fingerprint density at radius 3 is 2.61 bits per heavy atom. The number of hydrogen-bond acceptors (Lipinski definition) is 7. The number of carbonyl (C=O) groups is 1. The van der Waals surface area contributed by atoms with Crippen LogP contribution in [0.2, 0.25) is 0 Å². The van der Waals surface area contributed by atoms with Gasteiger partial charge >= 0.3 is 0 Å². The van der Waals surface area contributed by atoms with Gasteiger partial charge in [-0.2, -0.15) is 10.1 Å². The van der Waals surface area contributed by atoms with Crippen LogP contribution in [0.3, 0.4) is 0 Å². The fourth-order valence-corrected chi connectivity index (χ4v) is 2.76. The Bertz CT molecular complexity index is 1040.